The third kappa shape index (κ3) is 2.22. The number of nitrogens with zero attached hydrogens (tertiary/aromatic N) is 4. The lowest BCUT2D eigenvalue weighted by atomic mass is 10.2. The third-order valence-electron chi connectivity index (χ3n) is 3.65. The summed E-state index contributed by atoms with van der Waals surface area (Å²) in [7, 11) is 3.57. The smallest absolute Gasteiger partial charge is 0.201 e. The molecule has 0 aliphatic heterocycles. The molecule has 1 aromatic carbocycles. The molecular weight excluding hydrogens is 266 g/mol. The highest BCUT2D eigenvalue weighted by atomic mass is 16.5. The van der Waals surface area contributed by atoms with Crippen molar-refractivity contribution in [2.45, 2.75) is 19.9 Å². The molecule has 0 amide bonds. The third-order valence-corrected chi connectivity index (χ3v) is 3.65. The van der Waals surface area contributed by atoms with Crippen LogP contribution in [0.25, 0.3) is 11.0 Å². The normalized spacial score (nSPS) is 11.2. The molecule has 0 aliphatic rings. The standard InChI is InChI=1S/C15H19N5O/c1-4-11-10(8-19(2)18-11)9-20-12-6-5-7-13(21-3)14(12)17-15(20)16/h5-8H,4,9H2,1-3H3,(H2,16,17). The molecule has 0 atom stereocenters. The summed E-state index contributed by atoms with van der Waals surface area (Å²) in [5.74, 6) is 1.22. The molecule has 0 fully saturated rings. The number of anilines is 1. The van der Waals surface area contributed by atoms with E-state index in [1.165, 1.54) is 0 Å². The Morgan fingerprint density at radius 1 is 1.33 bits per heavy atom. The second-order valence-corrected chi connectivity index (χ2v) is 5.01. The highest BCUT2D eigenvalue weighted by molar-refractivity contribution is 5.84. The van der Waals surface area contributed by atoms with Gasteiger partial charge in [-0.2, -0.15) is 5.10 Å². The molecular formula is C15H19N5O. The Kier molecular flexibility index (Phi) is 3.29. The van der Waals surface area contributed by atoms with E-state index in [0.717, 1.165) is 34.5 Å². The van der Waals surface area contributed by atoms with Gasteiger partial charge in [-0.25, -0.2) is 4.98 Å². The molecule has 0 saturated heterocycles. The Labute approximate surface area is 123 Å². The van der Waals surface area contributed by atoms with Crippen LogP contribution in [-0.4, -0.2) is 26.4 Å². The minimum atomic E-state index is 0.486. The first-order valence-corrected chi connectivity index (χ1v) is 6.94. The van der Waals surface area contributed by atoms with Crippen LogP contribution in [0, 0.1) is 0 Å². The first-order chi connectivity index (χ1) is 10.1. The van der Waals surface area contributed by atoms with Crippen LogP contribution in [-0.2, 0) is 20.0 Å². The van der Waals surface area contributed by atoms with Crippen molar-refractivity contribution >= 4 is 17.0 Å². The Morgan fingerprint density at radius 3 is 2.86 bits per heavy atom. The van der Waals surface area contributed by atoms with E-state index < -0.39 is 0 Å². The molecule has 0 saturated carbocycles. The number of nitrogens with two attached hydrogens (primary N) is 1. The predicted molar refractivity (Wildman–Crippen MR) is 82.4 cm³/mol. The average molecular weight is 285 g/mol. The van der Waals surface area contributed by atoms with Crippen LogP contribution < -0.4 is 10.5 Å². The van der Waals surface area contributed by atoms with E-state index in [4.69, 9.17) is 10.5 Å². The Morgan fingerprint density at radius 2 is 2.14 bits per heavy atom. The second kappa shape index (κ2) is 5.12. The van der Waals surface area contributed by atoms with Gasteiger partial charge in [0.05, 0.1) is 24.9 Å². The summed E-state index contributed by atoms with van der Waals surface area (Å²) in [6.45, 7) is 2.76. The molecule has 3 aromatic rings. The zero-order valence-electron chi connectivity index (χ0n) is 12.5. The first-order valence-electron chi connectivity index (χ1n) is 6.94. The molecule has 110 valence electrons. The maximum atomic E-state index is 6.09. The highest BCUT2D eigenvalue weighted by Crippen LogP contribution is 2.27. The lowest BCUT2D eigenvalue weighted by Gasteiger charge is -2.06. The fourth-order valence-electron chi connectivity index (χ4n) is 2.65. The monoisotopic (exact) mass is 285 g/mol. The average Bonchev–Trinajstić information content (AvgIpc) is 2.99. The largest absolute Gasteiger partial charge is 0.494 e. The summed E-state index contributed by atoms with van der Waals surface area (Å²) in [6.07, 6.45) is 2.93. The van der Waals surface area contributed by atoms with Gasteiger partial charge in [-0.05, 0) is 18.6 Å². The molecule has 0 aliphatic carbocycles. The van der Waals surface area contributed by atoms with E-state index in [-0.39, 0.29) is 0 Å². The van der Waals surface area contributed by atoms with E-state index in [1.807, 2.05) is 40.7 Å². The molecule has 6 heteroatoms. The summed E-state index contributed by atoms with van der Waals surface area (Å²) < 4.78 is 9.18. The summed E-state index contributed by atoms with van der Waals surface area (Å²) in [6, 6.07) is 5.84. The quantitative estimate of drug-likeness (QED) is 0.795. The maximum Gasteiger partial charge on any atom is 0.201 e. The number of aryl methyl sites for hydroxylation is 2. The molecule has 2 aromatic heterocycles. The van der Waals surface area contributed by atoms with Crippen LogP contribution in [0.15, 0.2) is 24.4 Å². The number of hydrogen-bond donors (Lipinski definition) is 1. The Hall–Kier alpha value is -2.50. The van der Waals surface area contributed by atoms with E-state index in [1.54, 1.807) is 7.11 Å². The number of aromatic nitrogens is 4. The molecule has 0 spiro atoms. The van der Waals surface area contributed by atoms with Gasteiger partial charge in [0.1, 0.15) is 11.3 Å². The number of rotatable bonds is 4. The number of ether oxygens (including phenoxy) is 1. The minimum Gasteiger partial charge on any atom is -0.494 e. The number of hydrogen-bond acceptors (Lipinski definition) is 4. The van der Waals surface area contributed by atoms with Crippen molar-refractivity contribution in [3.8, 4) is 5.75 Å². The summed E-state index contributed by atoms with van der Waals surface area (Å²) in [5, 5.41) is 4.47. The van der Waals surface area contributed by atoms with Crippen LogP contribution in [0.1, 0.15) is 18.2 Å². The van der Waals surface area contributed by atoms with Gasteiger partial charge >= 0.3 is 0 Å². The number of benzene rings is 1. The van der Waals surface area contributed by atoms with Crippen LogP contribution in [0.4, 0.5) is 5.95 Å². The Balaban J connectivity index is 2.10. The summed E-state index contributed by atoms with van der Waals surface area (Å²) in [5.41, 5.74) is 10.1. The molecule has 2 heterocycles. The summed E-state index contributed by atoms with van der Waals surface area (Å²) in [4.78, 5) is 4.43. The van der Waals surface area contributed by atoms with Gasteiger partial charge in [0.15, 0.2) is 0 Å². The topological polar surface area (TPSA) is 70.9 Å². The van der Waals surface area contributed by atoms with Crippen molar-refractivity contribution in [1.29, 1.82) is 0 Å². The number of imidazole rings is 1. The van der Waals surface area contributed by atoms with Crippen molar-refractivity contribution in [1.82, 2.24) is 19.3 Å². The van der Waals surface area contributed by atoms with Crippen molar-refractivity contribution in [3.05, 3.63) is 35.7 Å². The lowest BCUT2D eigenvalue weighted by Crippen LogP contribution is -2.05. The lowest BCUT2D eigenvalue weighted by molar-refractivity contribution is 0.419. The first kappa shape index (κ1) is 13.5. The van der Waals surface area contributed by atoms with Crippen molar-refractivity contribution in [3.63, 3.8) is 0 Å². The van der Waals surface area contributed by atoms with Crippen LogP contribution in [0.3, 0.4) is 0 Å². The minimum absolute atomic E-state index is 0.486. The number of methoxy groups -OCH3 is 1. The van der Waals surface area contributed by atoms with Gasteiger partial charge in [-0.3, -0.25) is 4.68 Å². The number of para-hydroxylation sites is 1. The second-order valence-electron chi connectivity index (χ2n) is 5.01. The van der Waals surface area contributed by atoms with Gasteiger partial charge in [-0.1, -0.05) is 13.0 Å². The molecule has 0 unspecified atom stereocenters. The Bertz CT molecular complexity index is 787. The van der Waals surface area contributed by atoms with Crippen LogP contribution >= 0.6 is 0 Å². The molecule has 2 N–H and O–H groups in total. The van der Waals surface area contributed by atoms with Crippen LogP contribution in [0.5, 0.6) is 5.75 Å². The molecule has 3 rings (SSSR count). The zero-order valence-corrected chi connectivity index (χ0v) is 12.5. The van der Waals surface area contributed by atoms with Gasteiger partial charge in [0.25, 0.3) is 0 Å². The van der Waals surface area contributed by atoms with E-state index in [9.17, 15) is 0 Å². The van der Waals surface area contributed by atoms with E-state index in [0.29, 0.717) is 12.5 Å². The summed E-state index contributed by atoms with van der Waals surface area (Å²) >= 11 is 0. The van der Waals surface area contributed by atoms with Gasteiger partial charge in [-0.15, -0.1) is 0 Å². The fourth-order valence-corrected chi connectivity index (χ4v) is 2.65. The fraction of sp³-hybridized carbons (Fsp3) is 0.333. The van der Waals surface area contributed by atoms with Gasteiger partial charge in [0.2, 0.25) is 5.95 Å². The number of nitrogen functional groups attached to an aromatic ring is 1. The van der Waals surface area contributed by atoms with E-state index >= 15 is 0 Å². The number of fused-ring (bicyclic) bond motifs is 1. The molecule has 6 nitrogen and oxygen atoms in total. The zero-order chi connectivity index (χ0) is 15.0. The van der Waals surface area contributed by atoms with Gasteiger partial charge in [0, 0.05) is 18.8 Å². The van der Waals surface area contributed by atoms with Gasteiger partial charge < -0.3 is 15.0 Å². The highest BCUT2D eigenvalue weighted by Gasteiger charge is 2.14. The molecule has 0 bridgehead atoms. The van der Waals surface area contributed by atoms with Crippen molar-refractivity contribution in [2.75, 3.05) is 12.8 Å². The maximum absolute atomic E-state index is 6.09. The van der Waals surface area contributed by atoms with Crippen molar-refractivity contribution < 1.29 is 4.74 Å². The predicted octanol–water partition coefficient (Wildman–Crippen LogP) is 1.97. The van der Waals surface area contributed by atoms with Crippen molar-refractivity contribution in [2.24, 2.45) is 7.05 Å². The van der Waals surface area contributed by atoms with Crippen LogP contribution in [0.2, 0.25) is 0 Å². The molecule has 21 heavy (non-hydrogen) atoms. The van der Waals surface area contributed by atoms with E-state index in [2.05, 4.69) is 17.0 Å². The molecule has 0 radical (unpaired) electrons. The SMILES string of the molecule is CCc1nn(C)cc1Cn1c(N)nc2c(OC)cccc21.